The average molecular weight is 313 g/mol. The molecule has 0 N–H and O–H groups in total. The second kappa shape index (κ2) is 6.48. The number of rotatable bonds is 4. The van der Waals surface area contributed by atoms with Crippen molar-refractivity contribution in [3.8, 4) is 17.3 Å². The maximum Gasteiger partial charge on any atom is 0.178 e. The average Bonchev–Trinajstić information content (AvgIpc) is 2.56. The topological polar surface area (TPSA) is 47.9 Å². The number of hydrogen-bond donors (Lipinski definition) is 0. The van der Waals surface area contributed by atoms with Crippen LogP contribution < -0.4 is 4.74 Å². The zero-order valence-corrected chi connectivity index (χ0v) is 12.3. The summed E-state index contributed by atoms with van der Waals surface area (Å²) < 4.78 is 31.5. The molecule has 23 heavy (non-hydrogen) atoms. The molecule has 2 aromatic heterocycles. The molecule has 0 spiro atoms. The van der Waals surface area contributed by atoms with E-state index in [9.17, 15) is 8.78 Å². The Morgan fingerprint density at radius 1 is 1.00 bits per heavy atom. The van der Waals surface area contributed by atoms with Gasteiger partial charge in [-0.3, -0.25) is 4.98 Å². The van der Waals surface area contributed by atoms with Gasteiger partial charge in [0.2, 0.25) is 0 Å². The molecule has 0 bridgehead atoms. The number of aryl methyl sites for hydroxylation is 1. The molecule has 4 nitrogen and oxygen atoms in total. The summed E-state index contributed by atoms with van der Waals surface area (Å²) in [6.45, 7) is 1.96. The molecule has 3 rings (SSSR count). The van der Waals surface area contributed by atoms with Gasteiger partial charge >= 0.3 is 0 Å². The molecule has 0 aliphatic carbocycles. The van der Waals surface area contributed by atoms with Crippen molar-refractivity contribution in [1.82, 2.24) is 15.0 Å². The van der Waals surface area contributed by atoms with Crippen molar-refractivity contribution in [2.45, 2.75) is 13.5 Å². The lowest BCUT2D eigenvalue weighted by Gasteiger charge is -2.08. The van der Waals surface area contributed by atoms with Crippen molar-refractivity contribution in [3.63, 3.8) is 0 Å². The summed E-state index contributed by atoms with van der Waals surface area (Å²) in [4.78, 5) is 13.0. The van der Waals surface area contributed by atoms with Crippen LogP contribution in [0.3, 0.4) is 0 Å². The number of nitrogens with zero attached hydrogens (tertiary/aromatic N) is 3. The van der Waals surface area contributed by atoms with Crippen LogP contribution in [0.1, 0.15) is 11.4 Å². The van der Waals surface area contributed by atoms with Crippen molar-refractivity contribution >= 4 is 0 Å². The van der Waals surface area contributed by atoms with Crippen LogP contribution in [0.5, 0.6) is 5.75 Å². The molecule has 0 saturated heterocycles. The van der Waals surface area contributed by atoms with Gasteiger partial charge in [0.1, 0.15) is 18.1 Å². The molecule has 0 aliphatic rings. The van der Waals surface area contributed by atoms with E-state index in [0.29, 0.717) is 17.2 Å². The molecular formula is C17H13F2N3O. The first-order chi connectivity index (χ1) is 11.1. The summed E-state index contributed by atoms with van der Waals surface area (Å²) in [6.07, 6.45) is 1.67. The number of benzene rings is 1. The molecule has 1 aromatic carbocycles. The van der Waals surface area contributed by atoms with Gasteiger partial charge in [0.25, 0.3) is 0 Å². The molecule has 6 heteroatoms. The summed E-state index contributed by atoms with van der Waals surface area (Å²) >= 11 is 0. The lowest BCUT2D eigenvalue weighted by atomic mass is 10.3. The molecule has 116 valence electrons. The summed E-state index contributed by atoms with van der Waals surface area (Å²) in [7, 11) is 0. The zero-order chi connectivity index (χ0) is 16.2. The lowest BCUT2D eigenvalue weighted by molar-refractivity contribution is 0.298. The fraction of sp³-hybridized carbons (Fsp3) is 0.118. The van der Waals surface area contributed by atoms with Crippen molar-refractivity contribution in [2.75, 3.05) is 0 Å². The third kappa shape index (κ3) is 3.66. The molecule has 0 unspecified atom stereocenters. The molecule has 0 aliphatic heterocycles. The highest BCUT2D eigenvalue weighted by molar-refractivity contribution is 5.48. The molecule has 0 saturated carbocycles. The highest BCUT2D eigenvalue weighted by Crippen LogP contribution is 2.18. The van der Waals surface area contributed by atoms with E-state index in [-0.39, 0.29) is 12.4 Å². The molecule has 0 amide bonds. The first-order valence-corrected chi connectivity index (χ1v) is 6.95. The van der Waals surface area contributed by atoms with Crippen LogP contribution in [-0.4, -0.2) is 15.0 Å². The molecular weight excluding hydrogens is 300 g/mol. The maximum atomic E-state index is 13.2. The number of ether oxygens (including phenoxy) is 1. The van der Waals surface area contributed by atoms with Gasteiger partial charge in [-0.05, 0) is 37.3 Å². The van der Waals surface area contributed by atoms with Crippen molar-refractivity contribution in [2.24, 2.45) is 0 Å². The van der Waals surface area contributed by atoms with Crippen molar-refractivity contribution < 1.29 is 13.5 Å². The summed E-state index contributed by atoms with van der Waals surface area (Å²) in [5.74, 6) is -1.13. The Morgan fingerprint density at radius 3 is 2.61 bits per heavy atom. The number of aromatic nitrogens is 3. The number of hydrogen-bond acceptors (Lipinski definition) is 4. The maximum absolute atomic E-state index is 13.2. The Morgan fingerprint density at radius 2 is 1.87 bits per heavy atom. The SMILES string of the molecule is Cc1cc(COc2ccc(F)c(F)c2)nc(-c2ccccn2)n1. The van der Waals surface area contributed by atoms with E-state index >= 15 is 0 Å². The van der Waals surface area contributed by atoms with Gasteiger partial charge < -0.3 is 4.74 Å². The first-order valence-electron chi connectivity index (χ1n) is 6.95. The van der Waals surface area contributed by atoms with E-state index < -0.39 is 11.6 Å². The quantitative estimate of drug-likeness (QED) is 0.737. The Labute approximate surface area is 131 Å². The van der Waals surface area contributed by atoms with E-state index in [4.69, 9.17) is 4.74 Å². The van der Waals surface area contributed by atoms with E-state index in [1.54, 1.807) is 12.3 Å². The zero-order valence-electron chi connectivity index (χ0n) is 12.3. The second-order valence-electron chi connectivity index (χ2n) is 4.90. The van der Waals surface area contributed by atoms with Crippen LogP contribution in [0.25, 0.3) is 11.5 Å². The standard InChI is InChI=1S/C17H13F2N3O/c1-11-8-12(10-23-13-5-6-14(18)15(19)9-13)22-17(21-11)16-4-2-3-7-20-16/h2-9H,10H2,1H3. The molecule has 2 heterocycles. The first kappa shape index (κ1) is 15.0. The number of halogens is 2. The second-order valence-corrected chi connectivity index (χ2v) is 4.90. The Kier molecular flexibility index (Phi) is 4.23. The van der Waals surface area contributed by atoms with Gasteiger partial charge in [-0.2, -0.15) is 0 Å². The van der Waals surface area contributed by atoms with Crippen LogP contribution in [0.15, 0.2) is 48.7 Å². The van der Waals surface area contributed by atoms with E-state index in [1.165, 1.54) is 6.07 Å². The van der Waals surface area contributed by atoms with Crippen LogP contribution in [-0.2, 0) is 6.61 Å². The minimum absolute atomic E-state index is 0.119. The Hall–Kier alpha value is -2.89. The minimum Gasteiger partial charge on any atom is -0.487 e. The van der Waals surface area contributed by atoms with Gasteiger partial charge in [-0.25, -0.2) is 18.7 Å². The van der Waals surface area contributed by atoms with Crippen molar-refractivity contribution in [3.05, 3.63) is 71.7 Å². The molecule has 0 fully saturated rings. The third-order valence-corrected chi connectivity index (χ3v) is 3.08. The Balaban J connectivity index is 1.80. The van der Waals surface area contributed by atoms with Gasteiger partial charge in [-0.15, -0.1) is 0 Å². The largest absolute Gasteiger partial charge is 0.487 e. The Bertz CT molecular complexity index is 825. The van der Waals surface area contributed by atoms with E-state index in [2.05, 4.69) is 15.0 Å². The summed E-state index contributed by atoms with van der Waals surface area (Å²) in [6, 6.07) is 10.6. The van der Waals surface area contributed by atoms with Gasteiger partial charge in [0.15, 0.2) is 17.5 Å². The van der Waals surface area contributed by atoms with Gasteiger partial charge in [-0.1, -0.05) is 6.07 Å². The highest BCUT2D eigenvalue weighted by atomic mass is 19.2. The highest BCUT2D eigenvalue weighted by Gasteiger charge is 2.08. The monoisotopic (exact) mass is 313 g/mol. The van der Waals surface area contributed by atoms with Gasteiger partial charge in [0.05, 0.1) is 5.69 Å². The fourth-order valence-corrected chi connectivity index (χ4v) is 2.04. The predicted octanol–water partition coefficient (Wildman–Crippen LogP) is 3.70. The third-order valence-electron chi connectivity index (χ3n) is 3.08. The van der Waals surface area contributed by atoms with Crippen LogP contribution in [0.4, 0.5) is 8.78 Å². The summed E-state index contributed by atoms with van der Waals surface area (Å²) in [5, 5.41) is 0. The molecule has 0 radical (unpaired) electrons. The van der Waals surface area contributed by atoms with Crippen LogP contribution in [0, 0.1) is 18.6 Å². The van der Waals surface area contributed by atoms with Crippen LogP contribution >= 0.6 is 0 Å². The van der Waals surface area contributed by atoms with Gasteiger partial charge in [0, 0.05) is 18.0 Å². The van der Waals surface area contributed by atoms with E-state index in [1.807, 2.05) is 25.1 Å². The van der Waals surface area contributed by atoms with Crippen LogP contribution in [0.2, 0.25) is 0 Å². The predicted molar refractivity (Wildman–Crippen MR) is 80.7 cm³/mol. The molecule has 3 aromatic rings. The summed E-state index contributed by atoms with van der Waals surface area (Å²) in [5.41, 5.74) is 2.05. The molecule has 0 atom stereocenters. The normalized spacial score (nSPS) is 10.6. The smallest absolute Gasteiger partial charge is 0.178 e. The van der Waals surface area contributed by atoms with Crippen molar-refractivity contribution in [1.29, 1.82) is 0 Å². The lowest BCUT2D eigenvalue weighted by Crippen LogP contribution is -2.03. The fourth-order valence-electron chi connectivity index (χ4n) is 2.04. The minimum atomic E-state index is -0.949. The van der Waals surface area contributed by atoms with E-state index in [0.717, 1.165) is 17.8 Å². The number of pyridine rings is 1.